The lowest BCUT2D eigenvalue weighted by Crippen LogP contribution is -2.38. The fourth-order valence-corrected chi connectivity index (χ4v) is 3.85. The van der Waals surface area contributed by atoms with Crippen molar-refractivity contribution in [2.75, 3.05) is 48.9 Å². The van der Waals surface area contributed by atoms with Crippen molar-refractivity contribution in [2.45, 2.75) is 32.7 Å². The molecule has 0 amide bonds. The maximum absolute atomic E-state index is 13.7. The smallest absolute Gasteiger partial charge is 0.225 e. The van der Waals surface area contributed by atoms with Crippen LogP contribution in [0.4, 0.5) is 22.1 Å². The van der Waals surface area contributed by atoms with Crippen LogP contribution >= 0.6 is 0 Å². The summed E-state index contributed by atoms with van der Waals surface area (Å²) >= 11 is 0. The molecule has 0 unspecified atom stereocenters. The first-order chi connectivity index (χ1) is 13.4. The van der Waals surface area contributed by atoms with Gasteiger partial charge in [-0.1, -0.05) is 13.8 Å². The highest BCUT2D eigenvalue weighted by atomic mass is 19.1. The van der Waals surface area contributed by atoms with Crippen LogP contribution in [-0.2, 0) is 11.2 Å². The number of rotatable bonds is 4. The molecule has 0 bridgehead atoms. The zero-order valence-corrected chi connectivity index (χ0v) is 16.5. The first-order valence-corrected chi connectivity index (χ1v) is 9.60. The standard InChI is InChI=1S/C19H26FN7O/c1-19(2)8-14(24-17-22-11-13(20)16(21-3)26-17)12-10-23-18(25-15(12)9-19)27-4-6-28-7-5-27/h10-11,14H,4-9H2,1-3H3,(H2,21,22,24,26)/t14-/m0/s1. The molecule has 1 atom stereocenters. The Morgan fingerprint density at radius 2 is 1.96 bits per heavy atom. The quantitative estimate of drug-likeness (QED) is 0.827. The summed E-state index contributed by atoms with van der Waals surface area (Å²) in [6, 6.07) is -0.0346. The fourth-order valence-electron chi connectivity index (χ4n) is 3.85. The predicted molar refractivity (Wildman–Crippen MR) is 105 cm³/mol. The maximum atomic E-state index is 13.7. The third kappa shape index (κ3) is 3.84. The molecule has 150 valence electrons. The Balaban J connectivity index is 1.62. The number of anilines is 3. The topological polar surface area (TPSA) is 88.1 Å². The highest BCUT2D eigenvalue weighted by Gasteiger charge is 2.34. The second-order valence-corrected chi connectivity index (χ2v) is 8.05. The lowest BCUT2D eigenvalue weighted by molar-refractivity contribution is 0.122. The summed E-state index contributed by atoms with van der Waals surface area (Å²) in [5.41, 5.74) is 2.16. The Labute approximate surface area is 164 Å². The first-order valence-electron chi connectivity index (χ1n) is 9.60. The van der Waals surface area contributed by atoms with Crippen molar-refractivity contribution in [1.82, 2.24) is 19.9 Å². The molecular formula is C19H26FN7O. The minimum Gasteiger partial charge on any atom is -0.378 e. The van der Waals surface area contributed by atoms with Gasteiger partial charge in [0, 0.05) is 31.9 Å². The summed E-state index contributed by atoms with van der Waals surface area (Å²) in [6.07, 6.45) is 4.85. The van der Waals surface area contributed by atoms with Crippen molar-refractivity contribution in [3.63, 3.8) is 0 Å². The molecule has 0 aromatic carbocycles. The minimum atomic E-state index is -0.476. The van der Waals surface area contributed by atoms with Crippen molar-refractivity contribution in [3.05, 3.63) is 29.5 Å². The molecule has 2 aromatic rings. The number of nitrogens with one attached hydrogen (secondary N) is 2. The lowest BCUT2D eigenvalue weighted by atomic mass is 9.74. The van der Waals surface area contributed by atoms with Gasteiger partial charge in [-0.15, -0.1) is 0 Å². The number of hydrogen-bond acceptors (Lipinski definition) is 8. The number of nitrogens with zero attached hydrogens (tertiary/aromatic N) is 5. The third-order valence-electron chi connectivity index (χ3n) is 5.24. The second kappa shape index (κ2) is 7.46. The number of halogens is 1. The van der Waals surface area contributed by atoms with E-state index in [1.54, 1.807) is 7.05 Å². The zero-order valence-electron chi connectivity index (χ0n) is 16.5. The molecule has 2 N–H and O–H groups in total. The largest absolute Gasteiger partial charge is 0.378 e. The summed E-state index contributed by atoms with van der Waals surface area (Å²) in [5, 5.41) is 6.10. The Bertz CT molecular complexity index is 854. The van der Waals surface area contributed by atoms with Crippen molar-refractivity contribution < 1.29 is 9.13 Å². The van der Waals surface area contributed by atoms with Crippen LogP contribution in [0.15, 0.2) is 12.4 Å². The van der Waals surface area contributed by atoms with E-state index in [9.17, 15) is 4.39 Å². The van der Waals surface area contributed by atoms with Crippen LogP contribution in [-0.4, -0.2) is 53.3 Å². The van der Waals surface area contributed by atoms with Gasteiger partial charge in [0.2, 0.25) is 11.9 Å². The third-order valence-corrected chi connectivity index (χ3v) is 5.24. The van der Waals surface area contributed by atoms with Gasteiger partial charge in [0.05, 0.1) is 31.1 Å². The highest BCUT2D eigenvalue weighted by Crippen LogP contribution is 2.41. The van der Waals surface area contributed by atoms with Crippen molar-refractivity contribution in [3.8, 4) is 0 Å². The van der Waals surface area contributed by atoms with Gasteiger partial charge < -0.3 is 20.3 Å². The summed E-state index contributed by atoms with van der Waals surface area (Å²) in [7, 11) is 1.63. The van der Waals surface area contributed by atoms with Crippen LogP contribution in [0, 0.1) is 11.2 Å². The van der Waals surface area contributed by atoms with E-state index in [-0.39, 0.29) is 17.3 Å². The van der Waals surface area contributed by atoms with E-state index < -0.39 is 5.82 Å². The SMILES string of the molecule is CNc1nc(N[C@H]2CC(C)(C)Cc3nc(N4CCOCC4)ncc32)ncc1F. The van der Waals surface area contributed by atoms with E-state index in [0.29, 0.717) is 19.2 Å². The van der Waals surface area contributed by atoms with Gasteiger partial charge in [-0.25, -0.2) is 19.3 Å². The van der Waals surface area contributed by atoms with E-state index in [2.05, 4.69) is 44.3 Å². The molecule has 0 radical (unpaired) electrons. The number of hydrogen-bond donors (Lipinski definition) is 2. The summed E-state index contributed by atoms with van der Waals surface area (Å²) in [6.45, 7) is 7.47. The number of ether oxygens (including phenoxy) is 1. The van der Waals surface area contributed by atoms with E-state index >= 15 is 0 Å². The molecular weight excluding hydrogens is 361 g/mol. The molecule has 1 fully saturated rings. The van der Waals surface area contributed by atoms with Gasteiger partial charge in [0.25, 0.3) is 0 Å². The van der Waals surface area contributed by atoms with Gasteiger partial charge in [0.15, 0.2) is 11.6 Å². The molecule has 4 rings (SSSR count). The fraction of sp³-hybridized carbons (Fsp3) is 0.579. The molecule has 1 aliphatic carbocycles. The molecule has 0 saturated carbocycles. The van der Waals surface area contributed by atoms with E-state index in [0.717, 1.165) is 43.1 Å². The van der Waals surface area contributed by atoms with Crippen LogP contribution in [0.25, 0.3) is 0 Å². The van der Waals surface area contributed by atoms with Crippen molar-refractivity contribution >= 4 is 17.7 Å². The Morgan fingerprint density at radius 3 is 2.71 bits per heavy atom. The molecule has 9 heteroatoms. The van der Waals surface area contributed by atoms with Crippen LogP contribution in [0.1, 0.15) is 37.6 Å². The summed E-state index contributed by atoms with van der Waals surface area (Å²) in [4.78, 5) is 20.0. The zero-order chi connectivity index (χ0) is 19.7. The van der Waals surface area contributed by atoms with Crippen molar-refractivity contribution in [1.29, 1.82) is 0 Å². The molecule has 2 aliphatic rings. The number of fused-ring (bicyclic) bond motifs is 1. The Hall–Kier alpha value is -2.55. The normalized spacial score (nSPS) is 21.1. The molecule has 1 aliphatic heterocycles. The Morgan fingerprint density at radius 1 is 1.18 bits per heavy atom. The van der Waals surface area contributed by atoms with E-state index in [4.69, 9.17) is 9.72 Å². The van der Waals surface area contributed by atoms with Gasteiger partial charge >= 0.3 is 0 Å². The predicted octanol–water partition coefficient (Wildman–Crippen LogP) is 2.41. The molecule has 3 heterocycles. The highest BCUT2D eigenvalue weighted by molar-refractivity contribution is 5.44. The second-order valence-electron chi connectivity index (χ2n) is 8.05. The molecule has 1 saturated heterocycles. The summed E-state index contributed by atoms with van der Waals surface area (Å²) in [5.74, 6) is 0.841. The Kier molecular flexibility index (Phi) is 5.01. The van der Waals surface area contributed by atoms with Crippen LogP contribution in [0.2, 0.25) is 0 Å². The summed E-state index contributed by atoms with van der Waals surface area (Å²) < 4.78 is 19.1. The molecule has 28 heavy (non-hydrogen) atoms. The van der Waals surface area contributed by atoms with Crippen LogP contribution in [0.3, 0.4) is 0 Å². The first kappa shape index (κ1) is 18.8. The maximum Gasteiger partial charge on any atom is 0.225 e. The van der Waals surface area contributed by atoms with E-state index in [1.807, 2.05) is 6.20 Å². The van der Waals surface area contributed by atoms with E-state index in [1.165, 1.54) is 6.20 Å². The van der Waals surface area contributed by atoms with Gasteiger partial charge in [-0.3, -0.25) is 0 Å². The molecule has 0 spiro atoms. The minimum absolute atomic E-state index is 0.0346. The van der Waals surface area contributed by atoms with Crippen LogP contribution in [0.5, 0.6) is 0 Å². The lowest BCUT2D eigenvalue weighted by Gasteiger charge is -2.37. The molecule has 2 aromatic heterocycles. The number of aromatic nitrogens is 4. The average Bonchev–Trinajstić information content (AvgIpc) is 2.68. The average molecular weight is 387 g/mol. The molecule has 8 nitrogen and oxygen atoms in total. The van der Waals surface area contributed by atoms with Gasteiger partial charge in [-0.2, -0.15) is 4.98 Å². The van der Waals surface area contributed by atoms with Crippen LogP contribution < -0.4 is 15.5 Å². The number of morpholine rings is 1. The van der Waals surface area contributed by atoms with Gasteiger partial charge in [0.1, 0.15) is 0 Å². The van der Waals surface area contributed by atoms with Gasteiger partial charge in [-0.05, 0) is 18.3 Å². The monoisotopic (exact) mass is 387 g/mol. The van der Waals surface area contributed by atoms with Crippen molar-refractivity contribution in [2.24, 2.45) is 5.41 Å².